The molecule has 0 fully saturated rings. The summed E-state index contributed by atoms with van der Waals surface area (Å²) in [6.45, 7) is 0. The highest BCUT2D eigenvalue weighted by Crippen LogP contribution is 2.38. The Morgan fingerprint density at radius 3 is 2.29 bits per heavy atom. The zero-order chi connectivity index (χ0) is 22.1. The second-order valence-electron chi connectivity index (χ2n) is 6.63. The summed E-state index contributed by atoms with van der Waals surface area (Å²) in [6.07, 6.45) is 0. The van der Waals surface area contributed by atoms with E-state index in [9.17, 15) is 9.59 Å². The SMILES string of the molecule is COc1cc(C(=O)Nc2ccc3c(=O)c4cccc(Cl)c4oc3c2)cc(OC)c1OC. The molecule has 1 heterocycles. The van der Waals surface area contributed by atoms with Gasteiger partial charge < -0.3 is 23.9 Å². The molecule has 0 saturated carbocycles. The summed E-state index contributed by atoms with van der Waals surface area (Å²) in [5, 5.41) is 3.91. The standard InChI is InChI=1S/C23H18ClNO6/c1-28-18-9-12(10-19(29-2)22(18)30-3)23(27)25-13-7-8-14-17(11-13)31-21-15(20(14)26)5-4-6-16(21)24/h4-11H,1-3H3,(H,25,27). The Hall–Kier alpha value is -3.71. The maximum atomic E-state index is 12.8. The predicted octanol–water partition coefficient (Wildman–Crippen LogP) is 4.88. The highest BCUT2D eigenvalue weighted by Gasteiger charge is 2.18. The zero-order valence-corrected chi connectivity index (χ0v) is 17.7. The molecule has 0 aliphatic rings. The van der Waals surface area contributed by atoms with Crippen LogP contribution in [-0.4, -0.2) is 27.2 Å². The minimum absolute atomic E-state index is 0.193. The molecule has 0 spiro atoms. The highest BCUT2D eigenvalue weighted by molar-refractivity contribution is 6.34. The van der Waals surface area contributed by atoms with E-state index < -0.39 is 5.91 Å². The maximum Gasteiger partial charge on any atom is 0.255 e. The number of ether oxygens (including phenoxy) is 3. The van der Waals surface area contributed by atoms with E-state index >= 15 is 0 Å². The fourth-order valence-electron chi connectivity index (χ4n) is 3.33. The van der Waals surface area contributed by atoms with Gasteiger partial charge in [-0.25, -0.2) is 0 Å². The Labute approximate surface area is 182 Å². The van der Waals surface area contributed by atoms with Crippen LogP contribution in [0.1, 0.15) is 10.4 Å². The topological polar surface area (TPSA) is 87.0 Å². The molecule has 4 aromatic rings. The molecule has 1 aromatic heterocycles. The molecular weight excluding hydrogens is 422 g/mol. The summed E-state index contributed by atoms with van der Waals surface area (Å²) in [5.41, 5.74) is 1.17. The third kappa shape index (κ3) is 3.64. The van der Waals surface area contributed by atoms with Crippen LogP contribution in [0.2, 0.25) is 5.02 Å². The quantitative estimate of drug-likeness (QED) is 0.446. The van der Waals surface area contributed by atoms with E-state index in [0.29, 0.717) is 55.5 Å². The summed E-state index contributed by atoms with van der Waals surface area (Å²) in [6, 6.07) is 12.9. The van der Waals surface area contributed by atoms with Crippen LogP contribution in [0.15, 0.2) is 57.7 Å². The van der Waals surface area contributed by atoms with Gasteiger partial charge in [0.2, 0.25) is 11.2 Å². The molecule has 0 unspecified atom stereocenters. The second-order valence-corrected chi connectivity index (χ2v) is 7.03. The van der Waals surface area contributed by atoms with E-state index in [2.05, 4.69) is 5.32 Å². The second kappa shape index (κ2) is 8.20. The van der Waals surface area contributed by atoms with Crippen LogP contribution in [0.5, 0.6) is 17.2 Å². The molecule has 4 rings (SSSR count). The van der Waals surface area contributed by atoms with Crippen molar-refractivity contribution in [3.05, 3.63) is 69.3 Å². The van der Waals surface area contributed by atoms with Crippen molar-refractivity contribution >= 4 is 45.1 Å². The van der Waals surface area contributed by atoms with Crippen molar-refractivity contribution in [1.29, 1.82) is 0 Å². The van der Waals surface area contributed by atoms with E-state index in [1.54, 1.807) is 48.5 Å². The van der Waals surface area contributed by atoms with E-state index in [4.69, 9.17) is 30.2 Å². The first-order valence-corrected chi connectivity index (χ1v) is 9.61. The van der Waals surface area contributed by atoms with E-state index in [-0.39, 0.29) is 5.43 Å². The van der Waals surface area contributed by atoms with Crippen molar-refractivity contribution in [3.8, 4) is 17.2 Å². The third-order valence-corrected chi connectivity index (χ3v) is 5.13. The summed E-state index contributed by atoms with van der Waals surface area (Å²) < 4.78 is 21.7. The Morgan fingerprint density at radius 1 is 0.935 bits per heavy atom. The molecule has 0 aliphatic carbocycles. The number of hydrogen-bond acceptors (Lipinski definition) is 6. The van der Waals surface area contributed by atoms with Crippen LogP contribution in [-0.2, 0) is 0 Å². The summed E-state index contributed by atoms with van der Waals surface area (Å²) in [7, 11) is 4.43. The minimum Gasteiger partial charge on any atom is -0.493 e. The molecule has 0 atom stereocenters. The Bertz CT molecular complexity index is 1350. The number of rotatable bonds is 5. The number of anilines is 1. The van der Waals surface area contributed by atoms with Crippen LogP contribution in [0.25, 0.3) is 21.9 Å². The average molecular weight is 440 g/mol. The Morgan fingerprint density at radius 2 is 1.65 bits per heavy atom. The molecule has 8 heteroatoms. The molecule has 1 N–H and O–H groups in total. The highest BCUT2D eigenvalue weighted by atomic mass is 35.5. The van der Waals surface area contributed by atoms with Crippen LogP contribution in [0, 0.1) is 0 Å². The van der Waals surface area contributed by atoms with Crippen LogP contribution >= 0.6 is 11.6 Å². The van der Waals surface area contributed by atoms with Gasteiger partial charge in [0, 0.05) is 17.3 Å². The number of carbonyl (C=O) groups excluding carboxylic acids is 1. The lowest BCUT2D eigenvalue weighted by Crippen LogP contribution is -2.13. The largest absolute Gasteiger partial charge is 0.493 e. The van der Waals surface area contributed by atoms with Gasteiger partial charge in [-0.15, -0.1) is 0 Å². The van der Waals surface area contributed by atoms with Gasteiger partial charge in [-0.3, -0.25) is 9.59 Å². The summed E-state index contributed by atoms with van der Waals surface area (Å²) in [4.78, 5) is 25.6. The van der Waals surface area contributed by atoms with Gasteiger partial charge in [0.1, 0.15) is 5.58 Å². The van der Waals surface area contributed by atoms with Gasteiger partial charge in [-0.2, -0.15) is 0 Å². The van der Waals surface area contributed by atoms with Crippen LogP contribution in [0.4, 0.5) is 5.69 Å². The van der Waals surface area contributed by atoms with Gasteiger partial charge in [0.25, 0.3) is 5.91 Å². The minimum atomic E-state index is -0.403. The number of fused-ring (bicyclic) bond motifs is 2. The Kier molecular flexibility index (Phi) is 5.44. The smallest absolute Gasteiger partial charge is 0.255 e. The number of nitrogens with one attached hydrogen (secondary N) is 1. The lowest BCUT2D eigenvalue weighted by molar-refractivity contribution is 0.102. The lowest BCUT2D eigenvalue weighted by atomic mass is 10.1. The van der Waals surface area contributed by atoms with Gasteiger partial charge in [-0.05, 0) is 36.4 Å². The summed E-state index contributed by atoms with van der Waals surface area (Å²) >= 11 is 6.18. The zero-order valence-electron chi connectivity index (χ0n) is 16.9. The monoisotopic (exact) mass is 439 g/mol. The predicted molar refractivity (Wildman–Crippen MR) is 119 cm³/mol. The number of methoxy groups -OCH3 is 3. The fourth-order valence-corrected chi connectivity index (χ4v) is 3.55. The molecule has 158 valence electrons. The molecule has 1 amide bonds. The number of benzene rings is 3. The van der Waals surface area contributed by atoms with Crippen LogP contribution in [0.3, 0.4) is 0 Å². The van der Waals surface area contributed by atoms with E-state index in [1.807, 2.05) is 0 Å². The molecule has 0 radical (unpaired) electrons. The van der Waals surface area contributed by atoms with Crippen molar-refractivity contribution in [2.75, 3.05) is 26.6 Å². The van der Waals surface area contributed by atoms with Gasteiger partial charge in [0.05, 0.1) is 37.1 Å². The third-order valence-electron chi connectivity index (χ3n) is 4.83. The van der Waals surface area contributed by atoms with Crippen molar-refractivity contribution in [2.45, 2.75) is 0 Å². The van der Waals surface area contributed by atoms with E-state index in [0.717, 1.165) is 0 Å². The number of carbonyl (C=O) groups is 1. The van der Waals surface area contributed by atoms with Gasteiger partial charge >= 0.3 is 0 Å². The summed E-state index contributed by atoms with van der Waals surface area (Å²) in [5.74, 6) is 0.702. The molecular formula is C23H18ClNO6. The Balaban J connectivity index is 1.73. The maximum absolute atomic E-state index is 12.8. The number of hydrogen-bond donors (Lipinski definition) is 1. The molecule has 0 aliphatic heterocycles. The molecule has 0 bridgehead atoms. The number of para-hydroxylation sites is 1. The first-order valence-electron chi connectivity index (χ1n) is 9.23. The molecule has 3 aromatic carbocycles. The molecule has 31 heavy (non-hydrogen) atoms. The lowest BCUT2D eigenvalue weighted by Gasteiger charge is -2.14. The fraction of sp³-hybridized carbons (Fsp3) is 0.130. The average Bonchev–Trinajstić information content (AvgIpc) is 2.78. The number of halogens is 1. The van der Waals surface area contributed by atoms with Crippen molar-refractivity contribution in [1.82, 2.24) is 0 Å². The van der Waals surface area contributed by atoms with Gasteiger partial charge in [-0.1, -0.05) is 17.7 Å². The van der Waals surface area contributed by atoms with Crippen molar-refractivity contribution in [3.63, 3.8) is 0 Å². The first-order chi connectivity index (χ1) is 15.0. The van der Waals surface area contributed by atoms with Crippen LogP contribution < -0.4 is 25.0 Å². The number of amides is 1. The van der Waals surface area contributed by atoms with Gasteiger partial charge in [0.15, 0.2) is 17.1 Å². The first kappa shape index (κ1) is 20.6. The molecule has 7 nitrogen and oxygen atoms in total. The van der Waals surface area contributed by atoms with Crippen molar-refractivity contribution in [2.24, 2.45) is 0 Å². The van der Waals surface area contributed by atoms with Crippen molar-refractivity contribution < 1.29 is 23.4 Å². The normalized spacial score (nSPS) is 10.8. The van der Waals surface area contributed by atoms with E-state index in [1.165, 1.54) is 21.3 Å². The molecule has 0 saturated heterocycles.